The molecule has 1 aliphatic heterocycles. The molecule has 2 heterocycles. The van der Waals surface area contributed by atoms with Crippen molar-refractivity contribution in [2.45, 2.75) is 13.5 Å². The third kappa shape index (κ3) is 3.72. The number of hydrogen-bond acceptors (Lipinski definition) is 6. The number of nitrogens with zero attached hydrogens (tertiary/aromatic N) is 2. The number of hydrogen-bond donors (Lipinski definition) is 1. The van der Waals surface area contributed by atoms with Gasteiger partial charge in [-0.1, -0.05) is 12.1 Å². The van der Waals surface area contributed by atoms with Crippen LogP contribution in [0.4, 0.5) is 5.69 Å². The Hall–Kier alpha value is -2.51. The molecule has 0 amide bonds. The molecular weight excluding hydrogens is 436 g/mol. The fraction of sp³-hybridized carbons (Fsp3) is 0.318. The molecular formula is C22H23BrN2O4. The first-order chi connectivity index (χ1) is 14.0. The number of para-hydroxylation sites is 2. The van der Waals surface area contributed by atoms with Gasteiger partial charge in [0.1, 0.15) is 21.6 Å². The van der Waals surface area contributed by atoms with Crippen LogP contribution in [0.3, 0.4) is 0 Å². The van der Waals surface area contributed by atoms with Crippen molar-refractivity contribution in [3.8, 4) is 11.5 Å². The lowest BCUT2D eigenvalue weighted by molar-refractivity contribution is 0.246. The van der Waals surface area contributed by atoms with Crippen molar-refractivity contribution in [2.24, 2.45) is 0 Å². The molecule has 1 fully saturated rings. The molecule has 7 heteroatoms. The number of anilines is 1. The van der Waals surface area contributed by atoms with E-state index < -0.39 is 5.63 Å². The maximum Gasteiger partial charge on any atom is 0.350 e. The summed E-state index contributed by atoms with van der Waals surface area (Å²) in [5, 5.41) is 11.3. The van der Waals surface area contributed by atoms with Crippen LogP contribution >= 0.6 is 15.9 Å². The van der Waals surface area contributed by atoms with E-state index in [-0.39, 0.29) is 5.75 Å². The number of benzene rings is 2. The number of piperazine rings is 1. The van der Waals surface area contributed by atoms with Gasteiger partial charge in [-0.05, 0) is 52.7 Å². The van der Waals surface area contributed by atoms with Gasteiger partial charge in [-0.2, -0.15) is 0 Å². The zero-order valence-corrected chi connectivity index (χ0v) is 18.0. The molecule has 0 bridgehead atoms. The smallest absolute Gasteiger partial charge is 0.350 e. The highest BCUT2D eigenvalue weighted by Gasteiger charge is 2.22. The van der Waals surface area contributed by atoms with Crippen molar-refractivity contribution in [3.05, 3.63) is 62.4 Å². The fourth-order valence-corrected chi connectivity index (χ4v) is 4.15. The summed E-state index contributed by atoms with van der Waals surface area (Å²) in [6.07, 6.45) is 0. The quantitative estimate of drug-likeness (QED) is 0.598. The summed E-state index contributed by atoms with van der Waals surface area (Å²) in [7, 11) is 1.69. The first-order valence-corrected chi connectivity index (χ1v) is 10.3. The SMILES string of the molecule is COc1ccccc1N1CCN(Cc2c(O)ccc3c(C)c(Br)c(=O)oc23)CC1. The standard InChI is InChI=1S/C22H23BrN2O4/c1-14-15-7-8-18(26)16(21(15)29-22(27)20(14)23)13-24-9-11-25(12-10-24)17-5-3-4-6-19(17)28-2/h3-8,26H,9-13H2,1-2H3. The second-order valence-electron chi connectivity index (χ2n) is 7.20. The molecule has 6 nitrogen and oxygen atoms in total. The van der Waals surface area contributed by atoms with Crippen LogP contribution in [-0.4, -0.2) is 43.3 Å². The molecule has 1 aliphatic rings. The van der Waals surface area contributed by atoms with E-state index in [1.807, 2.05) is 25.1 Å². The molecule has 0 spiro atoms. The van der Waals surface area contributed by atoms with Crippen molar-refractivity contribution < 1.29 is 14.3 Å². The summed E-state index contributed by atoms with van der Waals surface area (Å²) < 4.78 is 11.4. The molecule has 4 rings (SSSR count). The lowest BCUT2D eigenvalue weighted by Gasteiger charge is -2.36. The van der Waals surface area contributed by atoms with Gasteiger partial charge in [-0.3, -0.25) is 4.90 Å². The van der Waals surface area contributed by atoms with E-state index in [4.69, 9.17) is 9.15 Å². The Morgan fingerprint density at radius 1 is 1.14 bits per heavy atom. The lowest BCUT2D eigenvalue weighted by Crippen LogP contribution is -2.46. The Labute approximate surface area is 177 Å². The van der Waals surface area contributed by atoms with Crippen LogP contribution in [0.15, 0.2) is 50.1 Å². The van der Waals surface area contributed by atoms with Crippen molar-refractivity contribution in [3.63, 3.8) is 0 Å². The third-order valence-electron chi connectivity index (χ3n) is 5.52. The van der Waals surface area contributed by atoms with Crippen molar-refractivity contribution in [2.75, 3.05) is 38.2 Å². The fourth-order valence-electron chi connectivity index (χ4n) is 3.85. The summed E-state index contributed by atoms with van der Waals surface area (Å²) in [5.41, 5.74) is 2.60. The first kappa shape index (κ1) is 19.8. The summed E-state index contributed by atoms with van der Waals surface area (Å²) in [5.74, 6) is 1.02. The van der Waals surface area contributed by atoms with E-state index in [1.54, 1.807) is 19.2 Å². The summed E-state index contributed by atoms with van der Waals surface area (Å²) in [6, 6.07) is 11.5. The minimum atomic E-state index is -0.428. The van der Waals surface area contributed by atoms with E-state index in [9.17, 15) is 9.90 Å². The molecule has 152 valence electrons. The monoisotopic (exact) mass is 458 g/mol. The van der Waals surface area contributed by atoms with Crippen LogP contribution in [0, 0.1) is 6.92 Å². The number of phenolic OH excluding ortho intramolecular Hbond substituents is 1. The largest absolute Gasteiger partial charge is 0.507 e. The highest BCUT2D eigenvalue weighted by molar-refractivity contribution is 9.10. The van der Waals surface area contributed by atoms with Gasteiger partial charge in [-0.25, -0.2) is 4.79 Å². The molecule has 1 saturated heterocycles. The number of phenols is 1. The van der Waals surface area contributed by atoms with Crippen LogP contribution in [0.25, 0.3) is 11.0 Å². The minimum Gasteiger partial charge on any atom is -0.507 e. The van der Waals surface area contributed by atoms with Crippen LogP contribution in [-0.2, 0) is 6.54 Å². The molecule has 1 N–H and O–H groups in total. The zero-order chi connectivity index (χ0) is 20.5. The molecule has 0 atom stereocenters. The molecule has 0 aliphatic carbocycles. The van der Waals surface area contributed by atoms with Gasteiger partial charge in [0.25, 0.3) is 0 Å². The van der Waals surface area contributed by atoms with E-state index in [2.05, 4.69) is 31.8 Å². The number of aryl methyl sites for hydroxylation is 1. The predicted octanol–water partition coefficient (Wildman–Crippen LogP) is 3.90. The minimum absolute atomic E-state index is 0.148. The maximum absolute atomic E-state index is 12.1. The first-order valence-electron chi connectivity index (χ1n) is 9.53. The second kappa shape index (κ2) is 8.08. The van der Waals surface area contributed by atoms with E-state index in [1.165, 1.54) is 0 Å². The topological polar surface area (TPSA) is 66.2 Å². The Kier molecular flexibility index (Phi) is 5.52. The van der Waals surface area contributed by atoms with Crippen molar-refractivity contribution >= 4 is 32.6 Å². The summed E-state index contributed by atoms with van der Waals surface area (Å²) in [4.78, 5) is 16.7. The Morgan fingerprint density at radius 2 is 1.86 bits per heavy atom. The van der Waals surface area contributed by atoms with Gasteiger partial charge in [0.2, 0.25) is 0 Å². The van der Waals surface area contributed by atoms with E-state index in [0.717, 1.165) is 48.6 Å². The Bertz CT molecular complexity index is 1100. The number of rotatable bonds is 4. The van der Waals surface area contributed by atoms with Crippen molar-refractivity contribution in [1.29, 1.82) is 0 Å². The van der Waals surface area contributed by atoms with Crippen molar-refractivity contribution in [1.82, 2.24) is 4.90 Å². The lowest BCUT2D eigenvalue weighted by atomic mass is 10.1. The Balaban J connectivity index is 1.56. The highest BCUT2D eigenvalue weighted by atomic mass is 79.9. The van der Waals surface area contributed by atoms with Gasteiger partial charge in [0.15, 0.2) is 0 Å². The van der Waals surface area contributed by atoms with Crippen LogP contribution in [0.2, 0.25) is 0 Å². The molecule has 3 aromatic rings. The average Bonchev–Trinajstić information content (AvgIpc) is 2.75. The molecule has 1 aromatic heterocycles. The average molecular weight is 459 g/mol. The Morgan fingerprint density at radius 3 is 2.59 bits per heavy atom. The predicted molar refractivity (Wildman–Crippen MR) is 117 cm³/mol. The second-order valence-corrected chi connectivity index (χ2v) is 8.00. The molecule has 2 aromatic carbocycles. The maximum atomic E-state index is 12.1. The van der Waals surface area contributed by atoms with Crippen LogP contribution in [0.1, 0.15) is 11.1 Å². The van der Waals surface area contributed by atoms with E-state index in [0.29, 0.717) is 22.2 Å². The summed E-state index contributed by atoms with van der Waals surface area (Å²) in [6.45, 7) is 5.74. The van der Waals surface area contributed by atoms with Gasteiger partial charge < -0.3 is 19.2 Å². The van der Waals surface area contributed by atoms with Gasteiger partial charge >= 0.3 is 5.63 Å². The van der Waals surface area contributed by atoms with E-state index >= 15 is 0 Å². The van der Waals surface area contributed by atoms with Gasteiger partial charge in [0, 0.05) is 38.1 Å². The molecule has 0 unspecified atom stereocenters. The third-order valence-corrected chi connectivity index (χ3v) is 6.44. The van der Waals surface area contributed by atoms with Crippen LogP contribution in [0.5, 0.6) is 11.5 Å². The zero-order valence-electron chi connectivity index (χ0n) is 16.4. The number of ether oxygens (including phenoxy) is 1. The highest BCUT2D eigenvalue weighted by Crippen LogP contribution is 2.33. The summed E-state index contributed by atoms with van der Waals surface area (Å²) >= 11 is 3.29. The molecule has 0 saturated carbocycles. The number of fused-ring (bicyclic) bond motifs is 1. The number of aromatic hydroxyl groups is 1. The van der Waals surface area contributed by atoms with Gasteiger partial charge in [0.05, 0.1) is 18.4 Å². The van der Waals surface area contributed by atoms with Gasteiger partial charge in [-0.15, -0.1) is 0 Å². The normalized spacial score (nSPS) is 15.1. The van der Waals surface area contributed by atoms with Crippen LogP contribution < -0.4 is 15.3 Å². The number of halogens is 1. The number of methoxy groups -OCH3 is 1. The molecule has 29 heavy (non-hydrogen) atoms. The molecule has 0 radical (unpaired) electrons.